The van der Waals surface area contributed by atoms with Crippen molar-refractivity contribution in [3.05, 3.63) is 11.1 Å². The van der Waals surface area contributed by atoms with Crippen molar-refractivity contribution in [1.29, 1.82) is 0 Å². The lowest BCUT2D eigenvalue weighted by molar-refractivity contribution is 0.186. The summed E-state index contributed by atoms with van der Waals surface area (Å²) in [5, 5.41) is 9.44. The molecule has 0 saturated carbocycles. The van der Waals surface area contributed by atoms with E-state index in [9.17, 15) is 0 Å². The first kappa shape index (κ1) is 12.8. The van der Waals surface area contributed by atoms with Crippen LogP contribution in [0, 0.1) is 0 Å². The van der Waals surface area contributed by atoms with Gasteiger partial charge in [0.1, 0.15) is 0 Å². The van der Waals surface area contributed by atoms with E-state index in [0.29, 0.717) is 6.04 Å². The molecule has 1 N–H and O–H groups in total. The molecule has 0 aromatic carbocycles. The minimum atomic E-state index is 0. The molecule has 86 valence electrons. The second-order valence-corrected chi connectivity index (χ2v) is 4.37. The summed E-state index contributed by atoms with van der Waals surface area (Å²) in [6.07, 6.45) is 2.57. The zero-order valence-electron chi connectivity index (χ0n) is 8.85. The topological polar surface area (TPSA) is 41.0 Å². The van der Waals surface area contributed by atoms with E-state index in [1.165, 1.54) is 30.9 Å². The Morgan fingerprint density at radius 1 is 1.67 bits per heavy atom. The fraction of sp³-hybridized carbons (Fsp3) is 0.778. The predicted molar refractivity (Wildman–Crippen MR) is 64.5 cm³/mol. The largest absolute Gasteiger partial charge is 0.316 e. The average Bonchev–Trinajstić information content (AvgIpc) is 2.71. The Morgan fingerprint density at radius 3 is 3.20 bits per heavy atom. The van der Waals surface area contributed by atoms with Gasteiger partial charge in [-0.2, -0.15) is 0 Å². The van der Waals surface area contributed by atoms with Gasteiger partial charge in [-0.05, 0) is 38.0 Å². The molecule has 2 rings (SSSR count). The monoisotopic (exact) mass is 248 g/mol. The van der Waals surface area contributed by atoms with E-state index in [2.05, 4.69) is 19.8 Å². The molecule has 6 heteroatoms. The molecule has 1 atom stereocenters. The van der Waals surface area contributed by atoms with Crippen molar-refractivity contribution in [1.82, 2.24) is 19.8 Å². The summed E-state index contributed by atoms with van der Waals surface area (Å²) in [5.74, 6) is 0. The van der Waals surface area contributed by atoms with Crippen molar-refractivity contribution >= 4 is 23.9 Å². The van der Waals surface area contributed by atoms with Crippen LogP contribution in [0.3, 0.4) is 0 Å². The summed E-state index contributed by atoms with van der Waals surface area (Å²) in [6, 6.07) is 0.648. The van der Waals surface area contributed by atoms with E-state index in [1.54, 1.807) is 0 Å². The molecule has 0 amide bonds. The summed E-state index contributed by atoms with van der Waals surface area (Å²) in [5.41, 5.74) is 1.10. The number of rotatable bonds is 3. The Bertz CT molecular complexity index is 267. The van der Waals surface area contributed by atoms with Gasteiger partial charge < -0.3 is 5.32 Å². The average molecular weight is 249 g/mol. The fourth-order valence-corrected chi connectivity index (χ4v) is 2.36. The molecule has 0 bridgehead atoms. The van der Waals surface area contributed by atoms with Gasteiger partial charge in [-0.25, -0.2) is 0 Å². The van der Waals surface area contributed by atoms with Crippen LogP contribution in [-0.4, -0.2) is 40.7 Å². The van der Waals surface area contributed by atoms with Crippen LogP contribution in [0.15, 0.2) is 5.38 Å². The molecule has 1 fully saturated rings. The van der Waals surface area contributed by atoms with Crippen LogP contribution < -0.4 is 5.32 Å². The van der Waals surface area contributed by atoms with Crippen molar-refractivity contribution in [2.24, 2.45) is 0 Å². The maximum absolute atomic E-state index is 4.07. The highest BCUT2D eigenvalue weighted by Gasteiger charge is 2.18. The number of nitrogens with one attached hydrogen (secondary N) is 1. The van der Waals surface area contributed by atoms with Gasteiger partial charge in [0.05, 0.1) is 5.69 Å². The molecule has 15 heavy (non-hydrogen) atoms. The number of likely N-dealkylation sites (tertiary alicyclic amines) is 1. The number of likely N-dealkylation sites (N-methyl/N-ethyl adjacent to an activating group) is 1. The molecular formula is C9H17ClN4S. The van der Waals surface area contributed by atoms with Crippen molar-refractivity contribution < 1.29 is 0 Å². The molecule has 1 unspecified atom stereocenters. The summed E-state index contributed by atoms with van der Waals surface area (Å²) in [4.78, 5) is 2.45. The van der Waals surface area contributed by atoms with E-state index >= 15 is 0 Å². The molecule has 0 spiro atoms. The van der Waals surface area contributed by atoms with E-state index in [1.807, 2.05) is 12.4 Å². The van der Waals surface area contributed by atoms with Crippen LogP contribution in [0.5, 0.6) is 0 Å². The van der Waals surface area contributed by atoms with Gasteiger partial charge in [-0.15, -0.1) is 17.5 Å². The molecule has 0 aliphatic carbocycles. The standard InChI is InChI=1S/C9H16N4S.ClH/c1-10-8-3-2-4-13(5-8)6-9-7-14-12-11-9;/h7-8,10H,2-6H2,1H3;1H. The highest BCUT2D eigenvalue weighted by Crippen LogP contribution is 2.12. The molecular weight excluding hydrogens is 232 g/mol. The van der Waals surface area contributed by atoms with Gasteiger partial charge in [0.2, 0.25) is 0 Å². The third-order valence-corrected chi connectivity index (χ3v) is 3.26. The fourth-order valence-electron chi connectivity index (χ4n) is 1.92. The smallest absolute Gasteiger partial charge is 0.0895 e. The van der Waals surface area contributed by atoms with Crippen molar-refractivity contribution in [2.75, 3.05) is 20.1 Å². The van der Waals surface area contributed by atoms with Gasteiger partial charge in [0.25, 0.3) is 0 Å². The maximum atomic E-state index is 4.07. The predicted octanol–water partition coefficient (Wildman–Crippen LogP) is 1.14. The van der Waals surface area contributed by atoms with Crippen molar-refractivity contribution in [3.63, 3.8) is 0 Å². The van der Waals surface area contributed by atoms with E-state index in [-0.39, 0.29) is 12.4 Å². The second kappa shape index (κ2) is 6.37. The summed E-state index contributed by atoms with van der Waals surface area (Å²) >= 11 is 1.43. The van der Waals surface area contributed by atoms with Crippen LogP contribution >= 0.6 is 23.9 Å². The minimum Gasteiger partial charge on any atom is -0.316 e. The maximum Gasteiger partial charge on any atom is 0.0895 e. The quantitative estimate of drug-likeness (QED) is 0.871. The number of halogens is 1. The molecule has 1 aliphatic heterocycles. The Kier molecular flexibility index (Phi) is 5.45. The van der Waals surface area contributed by atoms with Gasteiger partial charge in [0, 0.05) is 24.5 Å². The number of hydrogen-bond acceptors (Lipinski definition) is 5. The van der Waals surface area contributed by atoms with Crippen LogP contribution in [0.25, 0.3) is 0 Å². The highest BCUT2D eigenvalue weighted by molar-refractivity contribution is 7.03. The Balaban J connectivity index is 0.00000112. The van der Waals surface area contributed by atoms with E-state index in [0.717, 1.165) is 18.8 Å². The number of nitrogens with zero attached hydrogens (tertiary/aromatic N) is 3. The molecule has 1 saturated heterocycles. The van der Waals surface area contributed by atoms with E-state index in [4.69, 9.17) is 0 Å². The molecule has 2 heterocycles. The first-order chi connectivity index (χ1) is 6.88. The number of aromatic nitrogens is 2. The van der Waals surface area contributed by atoms with Gasteiger partial charge in [-0.1, -0.05) is 4.49 Å². The van der Waals surface area contributed by atoms with Crippen molar-refractivity contribution in [3.8, 4) is 0 Å². The van der Waals surface area contributed by atoms with Crippen LogP contribution in [0.4, 0.5) is 0 Å². The van der Waals surface area contributed by atoms with Crippen LogP contribution in [0.2, 0.25) is 0 Å². The molecule has 1 aliphatic rings. The van der Waals surface area contributed by atoms with Gasteiger partial charge in [0.15, 0.2) is 0 Å². The molecule has 1 aromatic rings. The SMILES string of the molecule is CNC1CCCN(Cc2csnn2)C1.Cl. The first-order valence-corrected chi connectivity index (χ1v) is 5.87. The summed E-state index contributed by atoms with van der Waals surface area (Å²) in [7, 11) is 2.04. The summed E-state index contributed by atoms with van der Waals surface area (Å²) < 4.78 is 3.88. The zero-order chi connectivity index (χ0) is 9.80. The van der Waals surface area contributed by atoms with Crippen molar-refractivity contribution in [2.45, 2.75) is 25.4 Å². The molecule has 4 nitrogen and oxygen atoms in total. The Hall–Kier alpha value is -0.230. The van der Waals surface area contributed by atoms with Crippen LogP contribution in [-0.2, 0) is 6.54 Å². The summed E-state index contributed by atoms with van der Waals surface area (Å²) in [6.45, 7) is 3.28. The van der Waals surface area contributed by atoms with E-state index < -0.39 is 0 Å². The first-order valence-electron chi connectivity index (χ1n) is 5.04. The molecule has 0 radical (unpaired) electrons. The minimum absolute atomic E-state index is 0. The lowest BCUT2D eigenvalue weighted by Crippen LogP contribution is -2.43. The van der Waals surface area contributed by atoms with Crippen LogP contribution in [0.1, 0.15) is 18.5 Å². The Labute approximate surface area is 101 Å². The third-order valence-electron chi connectivity index (χ3n) is 2.70. The highest BCUT2D eigenvalue weighted by atomic mass is 35.5. The van der Waals surface area contributed by atoms with Gasteiger partial charge >= 0.3 is 0 Å². The number of piperidine rings is 1. The van der Waals surface area contributed by atoms with Gasteiger partial charge in [-0.3, -0.25) is 4.90 Å². The molecule has 1 aromatic heterocycles. The third kappa shape index (κ3) is 3.68. The lowest BCUT2D eigenvalue weighted by Gasteiger charge is -2.31. The lowest BCUT2D eigenvalue weighted by atomic mass is 10.1. The number of hydrogen-bond donors (Lipinski definition) is 1. The Morgan fingerprint density at radius 2 is 2.53 bits per heavy atom. The zero-order valence-corrected chi connectivity index (χ0v) is 10.5. The normalized spacial score (nSPS) is 22.3. The second-order valence-electron chi connectivity index (χ2n) is 3.76.